The molecule has 0 aromatic heterocycles. The number of rotatable bonds is 7. The molecule has 5 nitrogen and oxygen atoms in total. The first-order chi connectivity index (χ1) is 14.6. The minimum absolute atomic E-state index is 0.0204. The number of piperidine rings is 1. The molecular weight excluding hydrogens is 423 g/mol. The van der Waals surface area contributed by atoms with Crippen LogP contribution in [-0.2, 0) is 0 Å². The molecule has 174 valence electrons. The van der Waals surface area contributed by atoms with Crippen LogP contribution in [0.1, 0.15) is 42.5 Å². The molecule has 10 heteroatoms. The van der Waals surface area contributed by atoms with E-state index in [9.17, 15) is 31.9 Å². The van der Waals surface area contributed by atoms with Gasteiger partial charge >= 0.3 is 6.18 Å². The number of carbonyl (C=O) groups excluding carboxylic acids is 1. The monoisotopic (exact) mass is 450 g/mol. The van der Waals surface area contributed by atoms with Gasteiger partial charge in [-0.3, -0.25) is 9.69 Å². The number of alkyl halides is 3. The minimum Gasteiger partial charge on any atom is -0.493 e. The van der Waals surface area contributed by atoms with Crippen LogP contribution in [0.25, 0.3) is 0 Å². The summed E-state index contributed by atoms with van der Waals surface area (Å²) in [5.41, 5.74) is -0.660. The summed E-state index contributed by atoms with van der Waals surface area (Å²) in [5, 5.41) is 9.50. The highest BCUT2D eigenvalue weighted by molar-refractivity contribution is 5.95. The number of ether oxygens (including phenoxy) is 1. The van der Waals surface area contributed by atoms with Gasteiger partial charge in [0, 0.05) is 25.2 Å². The largest absolute Gasteiger partial charge is 0.493 e. The number of benzene rings is 1. The fourth-order valence-corrected chi connectivity index (χ4v) is 4.17. The Hall–Kier alpha value is -1.94. The van der Waals surface area contributed by atoms with Gasteiger partial charge in [0.25, 0.3) is 5.91 Å². The zero-order chi connectivity index (χ0) is 22.6. The summed E-state index contributed by atoms with van der Waals surface area (Å²) in [6.07, 6.45) is -1.76. The van der Waals surface area contributed by atoms with Crippen LogP contribution in [0.15, 0.2) is 12.1 Å². The molecule has 0 saturated carbocycles. The SMILES string of the molecule is O=C(c1c(F)cc(OCCCC2CCN(CC(F)(F)F)CC2)cc1F)N1CCC(O)C1. The van der Waals surface area contributed by atoms with E-state index in [0.29, 0.717) is 44.7 Å². The Balaban J connectivity index is 1.43. The molecule has 31 heavy (non-hydrogen) atoms. The summed E-state index contributed by atoms with van der Waals surface area (Å²) in [5.74, 6) is -2.54. The molecule has 2 aliphatic heterocycles. The summed E-state index contributed by atoms with van der Waals surface area (Å²) in [7, 11) is 0. The quantitative estimate of drug-likeness (QED) is 0.510. The molecule has 1 N–H and O–H groups in total. The van der Waals surface area contributed by atoms with Gasteiger partial charge in [-0.2, -0.15) is 13.2 Å². The lowest BCUT2D eigenvalue weighted by molar-refractivity contribution is -0.148. The third-order valence-corrected chi connectivity index (χ3v) is 5.82. The van der Waals surface area contributed by atoms with Crippen LogP contribution in [0.2, 0.25) is 0 Å². The number of amides is 1. The van der Waals surface area contributed by atoms with Gasteiger partial charge in [0.1, 0.15) is 22.9 Å². The highest BCUT2D eigenvalue weighted by Gasteiger charge is 2.32. The zero-order valence-corrected chi connectivity index (χ0v) is 17.1. The molecule has 0 radical (unpaired) electrons. The van der Waals surface area contributed by atoms with Crippen molar-refractivity contribution in [1.29, 1.82) is 0 Å². The zero-order valence-electron chi connectivity index (χ0n) is 17.1. The highest BCUT2D eigenvalue weighted by atomic mass is 19.4. The second-order valence-electron chi connectivity index (χ2n) is 8.28. The van der Waals surface area contributed by atoms with E-state index in [1.54, 1.807) is 0 Å². The third-order valence-electron chi connectivity index (χ3n) is 5.82. The van der Waals surface area contributed by atoms with Crippen LogP contribution in [-0.4, -0.2) is 72.4 Å². The summed E-state index contributed by atoms with van der Waals surface area (Å²) < 4.78 is 71.4. The maximum Gasteiger partial charge on any atom is 0.401 e. The Morgan fingerprint density at radius 1 is 1.10 bits per heavy atom. The number of carbonyl (C=O) groups is 1. The van der Waals surface area contributed by atoms with Crippen LogP contribution >= 0.6 is 0 Å². The Labute approximate surface area is 177 Å². The third kappa shape index (κ3) is 6.77. The average molecular weight is 450 g/mol. The normalized spacial score (nSPS) is 21.0. The lowest BCUT2D eigenvalue weighted by Gasteiger charge is -2.32. The summed E-state index contributed by atoms with van der Waals surface area (Å²) >= 11 is 0. The van der Waals surface area contributed by atoms with Crippen molar-refractivity contribution in [3.8, 4) is 5.75 Å². The second-order valence-corrected chi connectivity index (χ2v) is 8.28. The van der Waals surface area contributed by atoms with Gasteiger partial charge < -0.3 is 14.7 Å². The van der Waals surface area contributed by atoms with E-state index < -0.39 is 41.9 Å². The van der Waals surface area contributed by atoms with Crippen LogP contribution < -0.4 is 4.74 Å². The molecule has 0 aliphatic carbocycles. The topological polar surface area (TPSA) is 53.0 Å². The first kappa shape index (κ1) is 23.7. The lowest BCUT2D eigenvalue weighted by atomic mass is 9.92. The van der Waals surface area contributed by atoms with Gasteiger partial charge in [0.05, 0.1) is 19.3 Å². The van der Waals surface area contributed by atoms with E-state index in [1.807, 2.05) is 0 Å². The summed E-state index contributed by atoms with van der Waals surface area (Å²) in [4.78, 5) is 14.9. The molecule has 1 aromatic rings. The van der Waals surface area contributed by atoms with Crippen molar-refractivity contribution in [3.05, 3.63) is 29.3 Å². The molecule has 0 bridgehead atoms. The maximum atomic E-state index is 14.4. The van der Waals surface area contributed by atoms with E-state index in [-0.39, 0.29) is 25.4 Å². The van der Waals surface area contributed by atoms with Crippen LogP contribution in [0, 0.1) is 17.6 Å². The molecule has 2 fully saturated rings. The molecule has 0 spiro atoms. The molecule has 2 heterocycles. The highest BCUT2D eigenvalue weighted by Crippen LogP contribution is 2.26. The fraction of sp³-hybridized carbons (Fsp3) is 0.667. The first-order valence-electron chi connectivity index (χ1n) is 10.5. The summed E-state index contributed by atoms with van der Waals surface area (Å²) in [6, 6.07) is 1.94. The molecule has 1 amide bonds. The Morgan fingerprint density at radius 2 is 1.74 bits per heavy atom. The Morgan fingerprint density at radius 3 is 2.29 bits per heavy atom. The van der Waals surface area contributed by atoms with Gasteiger partial charge in [-0.25, -0.2) is 8.78 Å². The van der Waals surface area contributed by atoms with E-state index in [2.05, 4.69) is 0 Å². The number of β-amino-alcohol motifs (C(OH)–C–C–N with tert-alkyl or cyclic N) is 1. The standard InChI is InChI=1S/C21H27F5N2O3/c22-17-10-16(11-18(23)19(17)20(30)28-8-5-15(29)12-28)31-9-1-2-14-3-6-27(7-4-14)13-21(24,25)26/h10-11,14-15,29H,1-9,12-13H2. The van der Waals surface area contributed by atoms with Gasteiger partial charge in [-0.05, 0) is 51.1 Å². The number of hydrogen-bond acceptors (Lipinski definition) is 4. The van der Waals surface area contributed by atoms with Crippen LogP contribution in [0.3, 0.4) is 0 Å². The van der Waals surface area contributed by atoms with Crippen molar-refractivity contribution >= 4 is 5.91 Å². The molecule has 3 rings (SSSR count). The van der Waals surface area contributed by atoms with E-state index in [0.717, 1.165) is 18.6 Å². The van der Waals surface area contributed by atoms with Gasteiger partial charge in [0.2, 0.25) is 0 Å². The maximum absolute atomic E-state index is 14.4. The smallest absolute Gasteiger partial charge is 0.401 e. The molecule has 1 unspecified atom stereocenters. The number of aliphatic hydroxyl groups is 1. The molecule has 2 saturated heterocycles. The van der Waals surface area contributed by atoms with Crippen molar-refractivity contribution in [1.82, 2.24) is 9.80 Å². The van der Waals surface area contributed by atoms with Gasteiger partial charge in [0.15, 0.2) is 0 Å². The van der Waals surface area contributed by atoms with Crippen molar-refractivity contribution in [2.24, 2.45) is 5.92 Å². The molecule has 1 atom stereocenters. The van der Waals surface area contributed by atoms with Crippen LogP contribution in [0.4, 0.5) is 22.0 Å². The van der Waals surface area contributed by atoms with E-state index in [1.165, 1.54) is 9.80 Å². The molecular formula is C21H27F5N2O3. The van der Waals surface area contributed by atoms with Crippen molar-refractivity contribution in [2.75, 3.05) is 39.3 Å². The second kappa shape index (κ2) is 10.1. The molecule has 2 aliphatic rings. The van der Waals surface area contributed by atoms with Crippen molar-refractivity contribution in [3.63, 3.8) is 0 Å². The van der Waals surface area contributed by atoms with Crippen molar-refractivity contribution < 1.29 is 36.6 Å². The van der Waals surface area contributed by atoms with Gasteiger partial charge in [-0.15, -0.1) is 0 Å². The number of likely N-dealkylation sites (tertiary alicyclic amines) is 2. The van der Waals surface area contributed by atoms with Crippen LogP contribution in [0.5, 0.6) is 5.75 Å². The minimum atomic E-state index is -4.18. The first-order valence-corrected chi connectivity index (χ1v) is 10.5. The number of halogens is 5. The van der Waals surface area contributed by atoms with E-state index in [4.69, 9.17) is 4.74 Å². The number of nitrogens with zero attached hydrogens (tertiary/aromatic N) is 2. The van der Waals surface area contributed by atoms with E-state index >= 15 is 0 Å². The predicted molar refractivity (Wildman–Crippen MR) is 103 cm³/mol. The summed E-state index contributed by atoms with van der Waals surface area (Å²) in [6.45, 7) is 0.442. The molecule has 1 aromatic carbocycles. The number of aliphatic hydroxyl groups excluding tert-OH is 1. The lowest BCUT2D eigenvalue weighted by Crippen LogP contribution is -2.40. The predicted octanol–water partition coefficient (Wildman–Crippen LogP) is 3.60. The van der Waals surface area contributed by atoms with Crippen molar-refractivity contribution in [2.45, 2.75) is 44.4 Å². The Bertz CT molecular complexity index is 743. The van der Waals surface area contributed by atoms with Gasteiger partial charge in [-0.1, -0.05) is 0 Å². The average Bonchev–Trinajstić information content (AvgIpc) is 3.11. The number of hydrogen-bond donors (Lipinski definition) is 1. The fourth-order valence-electron chi connectivity index (χ4n) is 4.17. The Kier molecular flexibility index (Phi) is 7.74.